The lowest BCUT2D eigenvalue weighted by atomic mass is 10.1. The van der Waals surface area contributed by atoms with Crippen molar-refractivity contribution in [2.45, 2.75) is 69.8 Å². The van der Waals surface area contributed by atoms with Crippen LogP contribution in [0.4, 0.5) is 11.8 Å². The van der Waals surface area contributed by atoms with Crippen LogP contribution in [0.2, 0.25) is 0 Å². The second kappa shape index (κ2) is 18.1. The number of carboxylic acids is 1. The third kappa shape index (κ3) is 10.3. The Labute approximate surface area is 302 Å². The first-order valence-electron chi connectivity index (χ1n) is 17.6. The Bertz CT molecular complexity index is 1690. The monoisotopic (exact) mass is 723 g/mol. The predicted molar refractivity (Wildman–Crippen MR) is 197 cm³/mol. The van der Waals surface area contributed by atoms with Crippen LogP contribution in [0.25, 0.3) is 11.0 Å². The number of methoxy groups -OCH3 is 1. The molecular weight excluding hydrogens is 675 g/mol. The van der Waals surface area contributed by atoms with Gasteiger partial charge in [0.05, 0.1) is 24.4 Å². The van der Waals surface area contributed by atoms with Crippen LogP contribution in [0.15, 0.2) is 30.5 Å². The van der Waals surface area contributed by atoms with Crippen LogP contribution in [-0.4, -0.2) is 117 Å². The van der Waals surface area contributed by atoms with Crippen molar-refractivity contribution in [2.24, 2.45) is 0 Å². The molecule has 15 nitrogen and oxygen atoms in total. The van der Waals surface area contributed by atoms with Gasteiger partial charge < -0.3 is 41.0 Å². The minimum absolute atomic E-state index is 0.00663. The number of amides is 3. The number of nitrogens with two attached hydrogens (primary N) is 1. The summed E-state index contributed by atoms with van der Waals surface area (Å²) in [5.41, 5.74) is 9.85. The van der Waals surface area contributed by atoms with Crippen molar-refractivity contribution < 1.29 is 29.0 Å². The fourth-order valence-electron chi connectivity index (χ4n) is 6.34. The normalized spacial score (nSPS) is 18.0. The Morgan fingerprint density at radius 2 is 1.88 bits per heavy atom. The van der Waals surface area contributed by atoms with E-state index in [0.717, 1.165) is 79.2 Å². The van der Waals surface area contributed by atoms with Gasteiger partial charge in [-0.2, -0.15) is 4.98 Å². The summed E-state index contributed by atoms with van der Waals surface area (Å²) in [4.78, 5) is 61.4. The van der Waals surface area contributed by atoms with Crippen LogP contribution in [-0.2, 0) is 32.3 Å². The van der Waals surface area contributed by atoms with Crippen LogP contribution in [0.3, 0.4) is 0 Å². The number of unbranched alkanes of at least 4 members (excludes halogenated alkanes) is 2. The molecule has 4 heterocycles. The SMILES string of the molecule is CCCCCNc1nc(N)nc2ccn(Cc3ccc(CN4CCN(C(=O)CCNC(=O)CCC5SCC(C(=O)O)NC5=O)CC4)cc3OC)c12. The second-order valence-corrected chi connectivity index (χ2v) is 14.1. The molecule has 0 bridgehead atoms. The summed E-state index contributed by atoms with van der Waals surface area (Å²) >= 11 is 1.25. The van der Waals surface area contributed by atoms with Crippen molar-refractivity contribution in [1.29, 1.82) is 0 Å². The van der Waals surface area contributed by atoms with Crippen molar-refractivity contribution in [2.75, 3.05) is 63.2 Å². The zero-order valence-electron chi connectivity index (χ0n) is 29.4. The third-order valence-corrected chi connectivity index (χ3v) is 10.6. The fourth-order valence-corrected chi connectivity index (χ4v) is 7.49. The Hall–Kier alpha value is -4.57. The van der Waals surface area contributed by atoms with Crippen molar-refractivity contribution in [3.63, 3.8) is 0 Å². The van der Waals surface area contributed by atoms with Gasteiger partial charge in [0.25, 0.3) is 0 Å². The van der Waals surface area contributed by atoms with E-state index in [4.69, 9.17) is 15.6 Å². The van der Waals surface area contributed by atoms with Crippen LogP contribution in [0.1, 0.15) is 56.6 Å². The molecular formula is C35H49N9O6S. The van der Waals surface area contributed by atoms with Gasteiger partial charge >= 0.3 is 5.97 Å². The number of aromatic nitrogens is 3. The number of hydrogen-bond donors (Lipinski definition) is 5. The van der Waals surface area contributed by atoms with Crippen molar-refractivity contribution in [3.05, 3.63) is 41.6 Å². The average molecular weight is 724 g/mol. The maximum atomic E-state index is 12.8. The lowest BCUT2D eigenvalue weighted by molar-refractivity contribution is -0.141. The minimum Gasteiger partial charge on any atom is -0.496 e. The van der Waals surface area contributed by atoms with Crippen LogP contribution >= 0.6 is 11.8 Å². The first-order chi connectivity index (χ1) is 24.6. The zero-order chi connectivity index (χ0) is 36.3. The number of ether oxygens (including phenoxy) is 1. The number of fused-ring (bicyclic) bond motifs is 1. The van der Waals surface area contributed by atoms with E-state index >= 15 is 0 Å². The van der Waals surface area contributed by atoms with Gasteiger partial charge in [0.15, 0.2) is 5.82 Å². The molecule has 3 aromatic rings. The maximum Gasteiger partial charge on any atom is 0.327 e. The summed E-state index contributed by atoms with van der Waals surface area (Å²) in [7, 11) is 1.68. The number of rotatable bonds is 17. The first-order valence-corrected chi connectivity index (χ1v) is 18.6. The molecule has 2 aromatic heterocycles. The van der Waals surface area contributed by atoms with E-state index in [2.05, 4.69) is 60.5 Å². The topological polar surface area (TPSA) is 197 Å². The van der Waals surface area contributed by atoms with Crippen LogP contribution in [0.5, 0.6) is 5.75 Å². The molecule has 2 fully saturated rings. The molecule has 6 N–H and O–H groups in total. The van der Waals surface area contributed by atoms with Gasteiger partial charge in [-0.3, -0.25) is 19.3 Å². The predicted octanol–water partition coefficient (Wildman–Crippen LogP) is 2.29. The number of nitrogens with one attached hydrogen (secondary N) is 3. The summed E-state index contributed by atoms with van der Waals surface area (Å²) < 4.78 is 7.94. The minimum atomic E-state index is -1.06. The standard InChI is InChI=1S/C35H49N9O6S/c1-3-4-5-12-38-32-31-25(40-35(36)41-32)11-14-44(31)21-24-7-6-23(19-27(24)50-2)20-42-15-17-43(18-16-42)30(46)10-13-37-29(45)9-8-28-33(47)39-26(22-51-28)34(48)49/h6-7,11,14,19,26,28H,3-5,8-10,12-13,15-18,20-22H2,1-2H3,(H,37,45)(H,39,47)(H,48,49)(H3,36,38,40,41). The van der Waals surface area contributed by atoms with E-state index in [1.807, 2.05) is 17.2 Å². The maximum absolute atomic E-state index is 12.8. The van der Waals surface area contributed by atoms with Crippen molar-refractivity contribution >= 4 is 58.3 Å². The highest BCUT2D eigenvalue weighted by Gasteiger charge is 2.32. The molecule has 0 aliphatic carbocycles. The summed E-state index contributed by atoms with van der Waals surface area (Å²) in [5, 5.41) is 17.3. The van der Waals surface area contributed by atoms with Gasteiger partial charge in [-0.15, -0.1) is 11.8 Å². The highest BCUT2D eigenvalue weighted by Crippen LogP contribution is 2.28. The van der Waals surface area contributed by atoms with Crippen molar-refractivity contribution in [3.8, 4) is 5.75 Å². The number of anilines is 2. The summed E-state index contributed by atoms with van der Waals surface area (Å²) in [6, 6.07) is 7.35. The summed E-state index contributed by atoms with van der Waals surface area (Å²) in [5.74, 6) is 0.384. The van der Waals surface area contributed by atoms with Gasteiger partial charge in [-0.25, -0.2) is 9.78 Å². The quantitative estimate of drug-likeness (QED) is 0.128. The van der Waals surface area contributed by atoms with Gasteiger partial charge in [0, 0.05) is 76.2 Å². The molecule has 0 radical (unpaired) electrons. The number of hydrogen-bond acceptors (Lipinski definition) is 11. The number of nitrogens with zero attached hydrogens (tertiary/aromatic N) is 5. The Morgan fingerprint density at radius 3 is 2.61 bits per heavy atom. The van der Waals surface area contributed by atoms with Gasteiger partial charge in [0.2, 0.25) is 23.7 Å². The van der Waals surface area contributed by atoms with E-state index in [-0.39, 0.29) is 48.8 Å². The van der Waals surface area contributed by atoms with E-state index in [1.54, 1.807) is 7.11 Å². The van der Waals surface area contributed by atoms with Crippen LogP contribution in [0, 0.1) is 0 Å². The Balaban J connectivity index is 1.06. The number of piperazine rings is 1. The molecule has 0 spiro atoms. The molecule has 3 amide bonds. The number of nitrogen functional groups attached to an aromatic ring is 1. The highest BCUT2D eigenvalue weighted by atomic mass is 32.2. The molecule has 16 heteroatoms. The van der Waals surface area contributed by atoms with E-state index in [0.29, 0.717) is 26.1 Å². The van der Waals surface area contributed by atoms with E-state index in [1.165, 1.54) is 11.8 Å². The lowest BCUT2D eigenvalue weighted by Gasteiger charge is -2.35. The third-order valence-electron chi connectivity index (χ3n) is 9.19. The zero-order valence-corrected chi connectivity index (χ0v) is 30.2. The molecule has 2 unspecified atom stereocenters. The highest BCUT2D eigenvalue weighted by molar-refractivity contribution is 8.00. The molecule has 1 aromatic carbocycles. The number of carbonyl (C=O) groups is 4. The molecule has 2 aliphatic rings. The summed E-state index contributed by atoms with van der Waals surface area (Å²) in [6.45, 7) is 7.21. The number of thioether (sulfide) groups is 1. The van der Waals surface area contributed by atoms with E-state index in [9.17, 15) is 19.2 Å². The smallest absolute Gasteiger partial charge is 0.327 e. The van der Waals surface area contributed by atoms with Crippen LogP contribution < -0.4 is 26.4 Å². The van der Waals surface area contributed by atoms with Gasteiger partial charge in [-0.1, -0.05) is 31.9 Å². The first kappa shape index (κ1) is 37.7. The second-order valence-electron chi connectivity index (χ2n) is 12.9. The molecule has 51 heavy (non-hydrogen) atoms. The molecule has 276 valence electrons. The Morgan fingerprint density at radius 1 is 1.08 bits per heavy atom. The molecule has 5 rings (SSSR count). The largest absolute Gasteiger partial charge is 0.496 e. The Kier molecular flexibility index (Phi) is 13.4. The van der Waals surface area contributed by atoms with Gasteiger partial charge in [0.1, 0.15) is 17.3 Å². The summed E-state index contributed by atoms with van der Waals surface area (Å²) in [6.07, 6.45) is 5.98. The van der Waals surface area contributed by atoms with Crippen molar-refractivity contribution in [1.82, 2.24) is 35.0 Å². The van der Waals surface area contributed by atoms with E-state index < -0.39 is 17.3 Å². The van der Waals surface area contributed by atoms with Gasteiger partial charge in [-0.05, 0) is 30.5 Å². The number of carbonyl (C=O) groups excluding carboxylic acids is 3. The molecule has 2 aliphatic heterocycles. The number of benzene rings is 1. The molecule has 2 atom stereocenters. The number of aliphatic carboxylic acids is 1. The molecule has 2 saturated heterocycles. The number of carboxylic acid groups (broad SMARTS) is 1. The lowest BCUT2D eigenvalue weighted by Crippen LogP contribution is -2.50. The fraction of sp³-hybridized carbons (Fsp3) is 0.543. The molecule has 0 saturated carbocycles. The average Bonchev–Trinajstić information content (AvgIpc) is 3.52.